The molecule has 0 amide bonds. The molecular weight excluding hydrogens is 318 g/mol. The van der Waals surface area contributed by atoms with E-state index in [0.29, 0.717) is 17.0 Å². The second kappa shape index (κ2) is 6.46. The van der Waals surface area contributed by atoms with Crippen molar-refractivity contribution in [3.63, 3.8) is 0 Å². The molecule has 0 fully saturated rings. The van der Waals surface area contributed by atoms with E-state index in [1.54, 1.807) is 11.3 Å². The quantitative estimate of drug-likeness (QED) is 0.544. The Labute approximate surface area is 136 Å². The van der Waals surface area contributed by atoms with E-state index in [2.05, 4.69) is 4.98 Å². The molecule has 3 heterocycles. The summed E-state index contributed by atoms with van der Waals surface area (Å²) in [5, 5.41) is 15.0. The minimum absolute atomic E-state index is 0.00514. The third kappa shape index (κ3) is 2.71. The number of rotatable bonds is 5. The Morgan fingerprint density at radius 1 is 1.32 bits per heavy atom. The molecule has 0 bridgehead atoms. The van der Waals surface area contributed by atoms with Crippen LogP contribution in [-0.2, 0) is 4.74 Å². The van der Waals surface area contributed by atoms with Gasteiger partial charge in [-0.15, -0.1) is 22.7 Å². The molecular formula is C16H15NO3S2. The molecule has 0 atom stereocenters. The molecule has 1 N–H and O–H groups in total. The van der Waals surface area contributed by atoms with Crippen LogP contribution in [0, 0.1) is 0 Å². The summed E-state index contributed by atoms with van der Waals surface area (Å²) in [6, 6.07) is 5.80. The summed E-state index contributed by atoms with van der Waals surface area (Å²) >= 11 is 2.94. The van der Waals surface area contributed by atoms with Crippen LogP contribution in [0.2, 0.25) is 0 Å². The number of fused-ring (bicyclic) bond motifs is 1. The largest absolute Gasteiger partial charge is 0.504 e. The number of ether oxygens (including phenoxy) is 1. The average Bonchev–Trinajstić information content (AvgIpc) is 3.19. The van der Waals surface area contributed by atoms with E-state index in [1.807, 2.05) is 35.9 Å². The highest BCUT2D eigenvalue weighted by molar-refractivity contribution is 7.18. The van der Waals surface area contributed by atoms with E-state index >= 15 is 0 Å². The van der Waals surface area contributed by atoms with Crippen molar-refractivity contribution in [3.05, 3.63) is 34.7 Å². The van der Waals surface area contributed by atoms with Gasteiger partial charge in [0.15, 0.2) is 11.4 Å². The van der Waals surface area contributed by atoms with E-state index in [0.717, 1.165) is 23.1 Å². The molecule has 0 spiro atoms. The van der Waals surface area contributed by atoms with Crippen LogP contribution in [0.5, 0.6) is 5.75 Å². The fourth-order valence-corrected chi connectivity index (χ4v) is 3.70. The Kier molecular flexibility index (Phi) is 4.40. The van der Waals surface area contributed by atoms with Gasteiger partial charge in [0, 0.05) is 5.39 Å². The lowest BCUT2D eigenvalue weighted by Gasteiger charge is -2.08. The predicted octanol–water partition coefficient (Wildman–Crippen LogP) is 4.69. The van der Waals surface area contributed by atoms with Crippen LogP contribution in [0.25, 0.3) is 20.7 Å². The van der Waals surface area contributed by atoms with Gasteiger partial charge in [-0.1, -0.05) is 19.4 Å². The standard InChI is InChI=1S/C16H15NO3S2/c1-2-3-7-20-16(19)13-14(18)15-10(6-9-22-15)12(17-13)11-5-4-8-21-11/h4-6,8-9,18H,2-3,7H2,1H3. The molecule has 114 valence electrons. The average molecular weight is 333 g/mol. The fraction of sp³-hybridized carbons (Fsp3) is 0.250. The van der Waals surface area contributed by atoms with Gasteiger partial charge in [0.25, 0.3) is 0 Å². The van der Waals surface area contributed by atoms with Gasteiger partial charge in [0.1, 0.15) is 0 Å². The van der Waals surface area contributed by atoms with E-state index in [-0.39, 0.29) is 11.4 Å². The molecule has 3 aromatic heterocycles. The molecule has 0 radical (unpaired) electrons. The van der Waals surface area contributed by atoms with Crippen LogP contribution < -0.4 is 0 Å². The van der Waals surface area contributed by atoms with E-state index in [1.165, 1.54) is 11.3 Å². The smallest absolute Gasteiger partial charge is 0.360 e. The monoisotopic (exact) mass is 333 g/mol. The minimum Gasteiger partial charge on any atom is -0.504 e. The van der Waals surface area contributed by atoms with Gasteiger partial charge in [-0.05, 0) is 29.3 Å². The summed E-state index contributed by atoms with van der Waals surface area (Å²) in [4.78, 5) is 17.5. The van der Waals surface area contributed by atoms with Crippen LogP contribution >= 0.6 is 22.7 Å². The zero-order valence-electron chi connectivity index (χ0n) is 12.0. The first-order valence-electron chi connectivity index (χ1n) is 7.03. The number of nitrogens with zero attached hydrogens (tertiary/aromatic N) is 1. The number of pyridine rings is 1. The first-order chi connectivity index (χ1) is 10.7. The van der Waals surface area contributed by atoms with Crippen molar-refractivity contribution in [1.29, 1.82) is 0 Å². The van der Waals surface area contributed by atoms with Crippen molar-refractivity contribution < 1.29 is 14.6 Å². The molecule has 0 saturated carbocycles. The number of esters is 1. The topological polar surface area (TPSA) is 59.4 Å². The van der Waals surface area contributed by atoms with Gasteiger partial charge in [-0.3, -0.25) is 0 Å². The summed E-state index contributed by atoms with van der Waals surface area (Å²) < 4.78 is 5.86. The normalized spacial score (nSPS) is 11.0. The number of hydrogen-bond donors (Lipinski definition) is 1. The SMILES string of the molecule is CCCCOC(=O)c1nc(-c2cccs2)c2ccsc2c1O. The van der Waals surface area contributed by atoms with Crippen LogP contribution in [-0.4, -0.2) is 22.7 Å². The minimum atomic E-state index is -0.570. The third-order valence-electron chi connectivity index (χ3n) is 3.26. The number of carbonyl (C=O) groups excluding carboxylic acids is 1. The van der Waals surface area contributed by atoms with Crippen molar-refractivity contribution in [3.8, 4) is 16.3 Å². The van der Waals surface area contributed by atoms with E-state index in [9.17, 15) is 9.90 Å². The van der Waals surface area contributed by atoms with Gasteiger partial charge in [-0.2, -0.15) is 0 Å². The van der Waals surface area contributed by atoms with Gasteiger partial charge >= 0.3 is 5.97 Å². The van der Waals surface area contributed by atoms with Crippen LogP contribution in [0.1, 0.15) is 30.3 Å². The molecule has 6 heteroatoms. The van der Waals surface area contributed by atoms with E-state index in [4.69, 9.17) is 4.74 Å². The summed E-state index contributed by atoms with van der Waals surface area (Å²) in [6.07, 6.45) is 1.74. The Balaban J connectivity index is 2.07. The maximum absolute atomic E-state index is 12.2. The van der Waals surface area contributed by atoms with Crippen molar-refractivity contribution in [2.45, 2.75) is 19.8 Å². The number of aromatic nitrogens is 1. The molecule has 0 unspecified atom stereocenters. The third-order valence-corrected chi connectivity index (χ3v) is 5.06. The Morgan fingerprint density at radius 3 is 2.91 bits per heavy atom. The number of thiophene rings is 2. The second-order valence-electron chi connectivity index (χ2n) is 4.79. The lowest BCUT2D eigenvalue weighted by atomic mass is 10.2. The Bertz CT molecular complexity index is 793. The maximum atomic E-state index is 12.2. The second-order valence-corrected chi connectivity index (χ2v) is 6.65. The summed E-state index contributed by atoms with van der Waals surface area (Å²) in [6.45, 7) is 2.36. The predicted molar refractivity (Wildman–Crippen MR) is 89.8 cm³/mol. The summed E-state index contributed by atoms with van der Waals surface area (Å²) in [5.41, 5.74) is 0.709. The van der Waals surface area contributed by atoms with Crippen LogP contribution in [0.4, 0.5) is 0 Å². The van der Waals surface area contributed by atoms with Gasteiger partial charge in [0.05, 0.1) is 21.9 Å². The highest BCUT2D eigenvalue weighted by atomic mass is 32.1. The summed E-state index contributed by atoms with van der Waals surface area (Å²) in [5.74, 6) is -0.661. The highest BCUT2D eigenvalue weighted by Crippen LogP contribution is 2.39. The zero-order chi connectivity index (χ0) is 15.5. The van der Waals surface area contributed by atoms with Gasteiger partial charge in [0.2, 0.25) is 0 Å². The molecule has 0 saturated heterocycles. The maximum Gasteiger partial charge on any atom is 0.360 e. The highest BCUT2D eigenvalue weighted by Gasteiger charge is 2.22. The molecule has 3 rings (SSSR count). The van der Waals surface area contributed by atoms with Crippen molar-refractivity contribution >= 4 is 38.7 Å². The van der Waals surface area contributed by atoms with E-state index < -0.39 is 5.97 Å². The molecule has 3 aromatic rings. The van der Waals surface area contributed by atoms with Gasteiger partial charge < -0.3 is 9.84 Å². The van der Waals surface area contributed by atoms with Crippen LogP contribution in [0.3, 0.4) is 0 Å². The first kappa shape index (κ1) is 15.0. The Hall–Kier alpha value is -1.92. The lowest BCUT2D eigenvalue weighted by molar-refractivity contribution is 0.0490. The molecule has 0 aliphatic carbocycles. The molecule has 0 aromatic carbocycles. The molecule has 22 heavy (non-hydrogen) atoms. The van der Waals surface area contributed by atoms with Crippen molar-refractivity contribution in [2.75, 3.05) is 6.61 Å². The number of carbonyl (C=O) groups is 1. The lowest BCUT2D eigenvalue weighted by Crippen LogP contribution is -2.09. The molecule has 0 aliphatic heterocycles. The molecule has 4 nitrogen and oxygen atoms in total. The van der Waals surface area contributed by atoms with Crippen molar-refractivity contribution in [1.82, 2.24) is 4.98 Å². The fourth-order valence-electron chi connectivity index (χ4n) is 2.13. The van der Waals surface area contributed by atoms with Gasteiger partial charge in [-0.25, -0.2) is 9.78 Å². The zero-order valence-corrected chi connectivity index (χ0v) is 13.7. The van der Waals surface area contributed by atoms with Crippen molar-refractivity contribution in [2.24, 2.45) is 0 Å². The number of aromatic hydroxyl groups is 1. The first-order valence-corrected chi connectivity index (χ1v) is 8.79. The number of hydrogen-bond acceptors (Lipinski definition) is 6. The summed E-state index contributed by atoms with van der Waals surface area (Å²) in [7, 11) is 0. The Morgan fingerprint density at radius 2 is 2.18 bits per heavy atom. The van der Waals surface area contributed by atoms with Crippen LogP contribution in [0.15, 0.2) is 29.0 Å². The molecule has 0 aliphatic rings. The number of unbranched alkanes of at least 4 members (excludes halogenated alkanes) is 1.